The van der Waals surface area contributed by atoms with E-state index in [1.165, 1.54) is 0 Å². The first kappa shape index (κ1) is 14.2. The van der Waals surface area contributed by atoms with Gasteiger partial charge in [-0.15, -0.1) is 0 Å². The van der Waals surface area contributed by atoms with E-state index in [4.69, 9.17) is 17.3 Å². The summed E-state index contributed by atoms with van der Waals surface area (Å²) in [6.45, 7) is 2.90. The van der Waals surface area contributed by atoms with E-state index >= 15 is 0 Å². The van der Waals surface area contributed by atoms with Gasteiger partial charge in [-0.25, -0.2) is 0 Å². The summed E-state index contributed by atoms with van der Waals surface area (Å²) in [5.41, 5.74) is 6.59. The second kappa shape index (κ2) is 6.26. The summed E-state index contributed by atoms with van der Waals surface area (Å²) in [4.78, 5) is 14.4. The number of hydrogen-bond acceptors (Lipinski definition) is 3. The van der Waals surface area contributed by atoms with E-state index in [1.807, 2.05) is 0 Å². The average Bonchev–Trinajstić information content (AvgIpc) is 2.41. The zero-order valence-electron chi connectivity index (χ0n) is 11.2. The van der Waals surface area contributed by atoms with Crippen LogP contribution in [0.3, 0.4) is 0 Å². The number of nitrogens with zero attached hydrogens (tertiary/aromatic N) is 1. The van der Waals surface area contributed by atoms with Crippen LogP contribution in [0.2, 0.25) is 5.02 Å². The number of amides is 1. The van der Waals surface area contributed by atoms with Crippen molar-refractivity contribution in [3.63, 3.8) is 0 Å². The SMILES string of the molecule is CN1CCC(CNC(=O)c2cccc(N)c2Cl)CC1. The molecule has 1 saturated heterocycles. The molecule has 0 bridgehead atoms. The number of likely N-dealkylation sites (tertiary alicyclic amines) is 1. The highest BCUT2D eigenvalue weighted by molar-refractivity contribution is 6.36. The number of carbonyl (C=O) groups excluding carboxylic acids is 1. The zero-order valence-corrected chi connectivity index (χ0v) is 11.9. The van der Waals surface area contributed by atoms with Crippen LogP contribution < -0.4 is 11.1 Å². The molecule has 104 valence electrons. The number of nitrogens with one attached hydrogen (secondary N) is 1. The average molecular weight is 282 g/mol. The topological polar surface area (TPSA) is 58.4 Å². The number of carbonyl (C=O) groups is 1. The van der Waals surface area contributed by atoms with Crippen molar-refractivity contribution in [2.75, 3.05) is 32.4 Å². The fourth-order valence-electron chi connectivity index (χ4n) is 2.32. The molecule has 0 atom stereocenters. The summed E-state index contributed by atoms with van der Waals surface area (Å²) < 4.78 is 0. The molecule has 1 aliphatic heterocycles. The summed E-state index contributed by atoms with van der Waals surface area (Å²) in [6.07, 6.45) is 2.25. The van der Waals surface area contributed by atoms with Crippen LogP contribution in [0.1, 0.15) is 23.2 Å². The lowest BCUT2D eigenvalue weighted by Gasteiger charge is -2.28. The van der Waals surface area contributed by atoms with Gasteiger partial charge < -0.3 is 16.0 Å². The fourth-order valence-corrected chi connectivity index (χ4v) is 2.54. The van der Waals surface area contributed by atoms with E-state index in [0.717, 1.165) is 25.9 Å². The summed E-state index contributed by atoms with van der Waals surface area (Å²) in [5, 5.41) is 3.29. The number of nitrogens with two attached hydrogens (primary N) is 1. The third kappa shape index (κ3) is 3.61. The van der Waals surface area contributed by atoms with E-state index < -0.39 is 0 Å². The number of benzene rings is 1. The van der Waals surface area contributed by atoms with E-state index in [9.17, 15) is 4.79 Å². The van der Waals surface area contributed by atoms with Crippen molar-refractivity contribution >= 4 is 23.2 Å². The molecule has 0 radical (unpaired) electrons. The van der Waals surface area contributed by atoms with Crippen molar-refractivity contribution in [2.24, 2.45) is 5.92 Å². The molecule has 3 N–H and O–H groups in total. The molecule has 0 spiro atoms. The van der Waals surface area contributed by atoms with Crippen molar-refractivity contribution in [3.8, 4) is 0 Å². The van der Waals surface area contributed by atoms with Gasteiger partial charge >= 0.3 is 0 Å². The lowest BCUT2D eigenvalue weighted by atomic mass is 9.97. The van der Waals surface area contributed by atoms with Crippen molar-refractivity contribution in [1.82, 2.24) is 10.2 Å². The van der Waals surface area contributed by atoms with Crippen LogP contribution in [-0.2, 0) is 0 Å². The van der Waals surface area contributed by atoms with Crippen LogP contribution >= 0.6 is 11.6 Å². The molecule has 0 unspecified atom stereocenters. The van der Waals surface area contributed by atoms with E-state index in [2.05, 4.69) is 17.3 Å². The molecule has 4 nitrogen and oxygen atoms in total. The zero-order chi connectivity index (χ0) is 13.8. The van der Waals surface area contributed by atoms with Crippen molar-refractivity contribution < 1.29 is 4.79 Å². The number of piperidine rings is 1. The number of anilines is 1. The van der Waals surface area contributed by atoms with Crippen molar-refractivity contribution in [3.05, 3.63) is 28.8 Å². The minimum atomic E-state index is -0.142. The molecule has 1 aliphatic rings. The Morgan fingerprint density at radius 3 is 2.84 bits per heavy atom. The highest BCUT2D eigenvalue weighted by Crippen LogP contribution is 2.23. The van der Waals surface area contributed by atoms with Gasteiger partial charge in [-0.1, -0.05) is 17.7 Å². The normalized spacial score (nSPS) is 17.4. The Balaban J connectivity index is 1.89. The molecule has 1 heterocycles. The van der Waals surface area contributed by atoms with Crippen molar-refractivity contribution in [1.29, 1.82) is 0 Å². The van der Waals surface area contributed by atoms with Crippen molar-refractivity contribution in [2.45, 2.75) is 12.8 Å². The Kier molecular flexibility index (Phi) is 4.66. The molecule has 0 aromatic heterocycles. The Hall–Kier alpha value is -1.26. The molecule has 19 heavy (non-hydrogen) atoms. The lowest BCUT2D eigenvalue weighted by molar-refractivity contribution is 0.0939. The predicted molar refractivity (Wildman–Crippen MR) is 78.4 cm³/mol. The van der Waals surface area contributed by atoms with Gasteiger partial charge in [0.05, 0.1) is 16.3 Å². The predicted octanol–water partition coefficient (Wildman–Crippen LogP) is 1.99. The summed E-state index contributed by atoms with van der Waals surface area (Å²) in [5.74, 6) is 0.413. The van der Waals surface area contributed by atoms with Crippen LogP contribution in [0.5, 0.6) is 0 Å². The Labute approximate surface area is 118 Å². The first-order valence-electron chi connectivity index (χ1n) is 6.58. The van der Waals surface area contributed by atoms with Crippen LogP contribution in [0.15, 0.2) is 18.2 Å². The van der Waals surface area contributed by atoms with Gasteiger partial charge in [-0.3, -0.25) is 4.79 Å². The second-order valence-corrected chi connectivity index (χ2v) is 5.54. The van der Waals surface area contributed by atoms with Gasteiger partial charge in [-0.2, -0.15) is 0 Å². The molecule has 0 saturated carbocycles. The molecule has 1 amide bonds. The standard InChI is InChI=1S/C14H20ClN3O/c1-18-7-5-10(6-8-18)9-17-14(19)11-3-2-4-12(16)13(11)15/h2-4,10H,5-9,16H2,1H3,(H,17,19). The van der Waals surface area contributed by atoms with Crippen LogP contribution in [-0.4, -0.2) is 37.5 Å². The minimum absolute atomic E-state index is 0.142. The maximum atomic E-state index is 12.1. The quantitative estimate of drug-likeness (QED) is 0.833. The highest BCUT2D eigenvalue weighted by atomic mass is 35.5. The van der Waals surface area contributed by atoms with E-state index in [1.54, 1.807) is 18.2 Å². The van der Waals surface area contributed by atoms with E-state index in [0.29, 0.717) is 28.7 Å². The van der Waals surface area contributed by atoms with Crippen LogP contribution in [0.4, 0.5) is 5.69 Å². The minimum Gasteiger partial charge on any atom is -0.398 e. The molecule has 1 aromatic rings. The molecule has 1 fully saturated rings. The lowest BCUT2D eigenvalue weighted by Crippen LogP contribution is -2.37. The van der Waals surface area contributed by atoms with Crippen LogP contribution in [0.25, 0.3) is 0 Å². The third-order valence-electron chi connectivity index (χ3n) is 3.66. The van der Waals surface area contributed by atoms with Gasteiger partial charge in [0.1, 0.15) is 0 Å². The van der Waals surface area contributed by atoms with Gasteiger partial charge in [-0.05, 0) is 51.0 Å². The molecule has 0 aliphatic carbocycles. The number of halogens is 1. The Morgan fingerprint density at radius 2 is 2.16 bits per heavy atom. The molecule has 5 heteroatoms. The molecule has 1 aromatic carbocycles. The van der Waals surface area contributed by atoms with Gasteiger partial charge in [0, 0.05) is 6.54 Å². The summed E-state index contributed by atoms with van der Waals surface area (Å²) in [7, 11) is 2.13. The maximum Gasteiger partial charge on any atom is 0.252 e. The van der Waals surface area contributed by atoms with E-state index in [-0.39, 0.29) is 5.91 Å². The molecule has 2 rings (SSSR count). The summed E-state index contributed by atoms with van der Waals surface area (Å²) in [6, 6.07) is 5.13. The van der Waals surface area contributed by atoms with Gasteiger partial charge in [0.2, 0.25) is 0 Å². The second-order valence-electron chi connectivity index (χ2n) is 5.17. The number of hydrogen-bond donors (Lipinski definition) is 2. The highest BCUT2D eigenvalue weighted by Gasteiger charge is 2.18. The summed E-state index contributed by atoms with van der Waals surface area (Å²) >= 11 is 6.04. The first-order chi connectivity index (χ1) is 9.08. The molecular formula is C14H20ClN3O. The third-order valence-corrected chi connectivity index (χ3v) is 4.08. The first-order valence-corrected chi connectivity index (χ1v) is 6.96. The monoisotopic (exact) mass is 281 g/mol. The smallest absolute Gasteiger partial charge is 0.252 e. The Morgan fingerprint density at radius 1 is 1.47 bits per heavy atom. The Bertz CT molecular complexity index is 456. The number of rotatable bonds is 3. The van der Waals surface area contributed by atoms with Gasteiger partial charge in [0.25, 0.3) is 5.91 Å². The fraction of sp³-hybridized carbons (Fsp3) is 0.500. The maximum absolute atomic E-state index is 12.1. The molecular weight excluding hydrogens is 262 g/mol. The largest absolute Gasteiger partial charge is 0.398 e. The van der Waals surface area contributed by atoms with Crippen LogP contribution in [0, 0.1) is 5.92 Å². The number of nitrogen functional groups attached to an aromatic ring is 1. The van der Waals surface area contributed by atoms with Gasteiger partial charge in [0.15, 0.2) is 0 Å².